The minimum atomic E-state index is -1.92. The van der Waals surface area contributed by atoms with Crippen LogP contribution in [0, 0.1) is 0 Å². The van der Waals surface area contributed by atoms with Gasteiger partial charge in [0.2, 0.25) is 0 Å². The molecule has 0 unspecified atom stereocenters. The van der Waals surface area contributed by atoms with Gasteiger partial charge < -0.3 is 10.1 Å². The lowest BCUT2D eigenvalue weighted by atomic mass is 10.1. The predicted octanol–water partition coefficient (Wildman–Crippen LogP) is 1.34. The highest BCUT2D eigenvalue weighted by Gasteiger charge is 2.21. The molecule has 2 rings (SSSR count). The highest BCUT2D eigenvalue weighted by molar-refractivity contribution is 5.69. The lowest BCUT2D eigenvalue weighted by molar-refractivity contribution is 0.177. The third kappa shape index (κ3) is 1.99. The van der Waals surface area contributed by atoms with Crippen LogP contribution in [0.15, 0.2) is 30.3 Å². The van der Waals surface area contributed by atoms with Crippen molar-refractivity contribution in [2.75, 3.05) is 6.56 Å². The lowest BCUT2D eigenvalue weighted by Gasteiger charge is -2.05. The van der Waals surface area contributed by atoms with Crippen LogP contribution in [0.3, 0.4) is 0 Å². The molecule has 1 fully saturated rings. The number of cyclic esters (lactones) is 1. The standard InChI is InChI=1S/C10H11NO2/c12-10-11-9(7-13-10)6-8-4-2-1-3-5-8/h1-5,9H,6-7H2,(H,11,12)/t9-/m1/s1/i7D2. The Labute approximate surface area is 79.5 Å². The fraction of sp³-hybridized carbons (Fsp3) is 0.300. The second kappa shape index (κ2) is 3.47. The predicted molar refractivity (Wildman–Crippen MR) is 48.4 cm³/mol. The number of hydrogen-bond acceptors (Lipinski definition) is 2. The first-order chi connectivity index (χ1) is 7.08. The van der Waals surface area contributed by atoms with Crippen LogP contribution in [0.2, 0.25) is 0 Å². The van der Waals surface area contributed by atoms with E-state index in [0.29, 0.717) is 6.42 Å². The van der Waals surface area contributed by atoms with Crippen molar-refractivity contribution < 1.29 is 12.3 Å². The fourth-order valence-electron chi connectivity index (χ4n) is 1.27. The van der Waals surface area contributed by atoms with Gasteiger partial charge in [-0.3, -0.25) is 0 Å². The van der Waals surface area contributed by atoms with Crippen molar-refractivity contribution in [2.45, 2.75) is 12.5 Å². The first-order valence-corrected chi connectivity index (χ1v) is 4.11. The molecule has 1 aromatic carbocycles. The largest absolute Gasteiger partial charge is 0.447 e. The molecule has 0 aromatic heterocycles. The summed E-state index contributed by atoms with van der Waals surface area (Å²) < 4.78 is 19.5. The Balaban J connectivity index is 2.10. The monoisotopic (exact) mass is 179 g/mol. The molecule has 1 aliphatic heterocycles. The quantitative estimate of drug-likeness (QED) is 0.744. The number of carbonyl (C=O) groups excluding carboxylic acids is 1. The van der Waals surface area contributed by atoms with Crippen LogP contribution in [-0.4, -0.2) is 18.7 Å². The van der Waals surface area contributed by atoms with Gasteiger partial charge in [0, 0.05) is 0 Å². The zero-order chi connectivity index (χ0) is 10.9. The Hall–Kier alpha value is -1.51. The summed E-state index contributed by atoms with van der Waals surface area (Å²) in [6, 6.07) is 8.81. The number of rotatable bonds is 2. The minimum Gasteiger partial charge on any atom is -0.447 e. The number of ether oxygens (including phenoxy) is 1. The van der Waals surface area contributed by atoms with Crippen molar-refractivity contribution in [2.24, 2.45) is 0 Å². The molecule has 0 radical (unpaired) electrons. The summed E-state index contributed by atoms with van der Waals surface area (Å²) in [7, 11) is 0. The van der Waals surface area contributed by atoms with Crippen LogP contribution >= 0.6 is 0 Å². The Morgan fingerprint density at radius 2 is 2.31 bits per heavy atom. The maximum Gasteiger partial charge on any atom is 0.407 e. The molecule has 1 atom stereocenters. The third-order valence-corrected chi connectivity index (χ3v) is 1.87. The highest BCUT2D eigenvalue weighted by atomic mass is 16.6. The summed E-state index contributed by atoms with van der Waals surface area (Å²) >= 11 is 0. The zero-order valence-electron chi connectivity index (χ0n) is 8.99. The average Bonchev–Trinajstić information content (AvgIpc) is 2.41. The van der Waals surface area contributed by atoms with E-state index in [0.717, 1.165) is 5.56 Å². The zero-order valence-corrected chi connectivity index (χ0v) is 6.99. The molecule has 0 bridgehead atoms. The second-order valence-corrected chi connectivity index (χ2v) is 2.89. The van der Waals surface area contributed by atoms with Gasteiger partial charge >= 0.3 is 6.09 Å². The summed E-state index contributed by atoms with van der Waals surface area (Å²) in [5, 5.41) is 2.46. The molecule has 1 amide bonds. The number of alkyl carbamates (subject to hydrolysis) is 1. The van der Waals surface area contributed by atoms with Gasteiger partial charge in [0.15, 0.2) is 0 Å². The van der Waals surface area contributed by atoms with Crippen molar-refractivity contribution in [1.29, 1.82) is 0 Å². The number of benzene rings is 1. The van der Waals surface area contributed by atoms with Gasteiger partial charge in [-0.25, -0.2) is 4.79 Å². The van der Waals surface area contributed by atoms with Gasteiger partial charge in [0.25, 0.3) is 0 Å². The topological polar surface area (TPSA) is 38.3 Å². The summed E-state index contributed by atoms with van der Waals surface area (Å²) in [6.45, 7) is -1.92. The van der Waals surface area contributed by atoms with E-state index in [9.17, 15) is 4.79 Å². The minimum absolute atomic E-state index is 0.430. The summed E-state index contributed by atoms with van der Waals surface area (Å²) in [6.07, 6.45) is -0.263. The Morgan fingerprint density at radius 1 is 1.54 bits per heavy atom. The molecule has 3 heteroatoms. The molecule has 1 N–H and O–H groups in total. The van der Waals surface area contributed by atoms with E-state index in [-0.39, 0.29) is 0 Å². The van der Waals surface area contributed by atoms with Gasteiger partial charge in [-0.15, -0.1) is 0 Å². The van der Waals surface area contributed by atoms with E-state index in [1.165, 1.54) is 0 Å². The molecule has 1 saturated heterocycles. The molecule has 0 spiro atoms. The van der Waals surface area contributed by atoms with E-state index in [4.69, 9.17) is 2.74 Å². The van der Waals surface area contributed by atoms with Crippen LogP contribution in [0.5, 0.6) is 0 Å². The molecule has 1 aromatic rings. The van der Waals surface area contributed by atoms with Crippen LogP contribution < -0.4 is 5.32 Å². The van der Waals surface area contributed by atoms with Gasteiger partial charge in [-0.1, -0.05) is 30.3 Å². The van der Waals surface area contributed by atoms with Gasteiger partial charge in [-0.05, 0) is 12.0 Å². The van der Waals surface area contributed by atoms with E-state index < -0.39 is 18.7 Å². The van der Waals surface area contributed by atoms with Gasteiger partial charge in [0.05, 0.1) is 8.78 Å². The molecule has 1 aliphatic rings. The average molecular weight is 179 g/mol. The van der Waals surface area contributed by atoms with E-state index in [2.05, 4.69) is 10.1 Å². The molecule has 13 heavy (non-hydrogen) atoms. The Bertz CT molecular complexity index is 367. The maximum absolute atomic E-state index is 10.9. The third-order valence-electron chi connectivity index (χ3n) is 1.87. The van der Waals surface area contributed by atoms with E-state index in [1.807, 2.05) is 30.3 Å². The summed E-state index contributed by atoms with van der Waals surface area (Å²) in [4.78, 5) is 10.9. The van der Waals surface area contributed by atoms with E-state index in [1.54, 1.807) is 0 Å². The first-order valence-electron chi connectivity index (χ1n) is 5.11. The van der Waals surface area contributed by atoms with E-state index >= 15 is 0 Å². The molecule has 68 valence electrons. The fourth-order valence-corrected chi connectivity index (χ4v) is 1.27. The van der Waals surface area contributed by atoms with Crippen molar-refractivity contribution in [3.63, 3.8) is 0 Å². The smallest absolute Gasteiger partial charge is 0.407 e. The summed E-state index contributed by atoms with van der Waals surface area (Å²) in [5.74, 6) is 0. The van der Waals surface area contributed by atoms with Crippen LogP contribution in [0.1, 0.15) is 8.30 Å². The van der Waals surface area contributed by atoms with Crippen molar-refractivity contribution in [1.82, 2.24) is 5.32 Å². The Morgan fingerprint density at radius 3 is 2.92 bits per heavy atom. The number of carbonyl (C=O) groups is 1. The summed E-state index contributed by atoms with van der Waals surface area (Å²) in [5.41, 5.74) is 0.970. The van der Waals surface area contributed by atoms with Crippen LogP contribution in [0.4, 0.5) is 4.79 Å². The van der Waals surface area contributed by atoms with Gasteiger partial charge in [0.1, 0.15) is 6.56 Å². The molecular formula is C10H11NO2. The van der Waals surface area contributed by atoms with Crippen molar-refractivity contribution in [3.8, 4) is 0 Å². The highest BCUT2D eigenvalue weighted by Crippen LogP contribution is 2.06. The SMILES string of the molecule is [2H]C1([2H])OC(=O)N[C@@H]1Cc1ccccc1. The van der Waals surface area contributed by atoms with Crippen LogP contribution in [-0.2, 0) is 11.2 Å². The molecule has 3 nitrogen and oxygen atoms in total. The Kier molecular flexibility index (Phi) is 1.61. The number of nitrogens with one attached hydrogen (secondary N) is 1. The van der Waals surface area contributed by atoms with Gasteiger partial charge in [-0.2, -0.15) is 0 Å². The molecular weight excluding hydrogens is 166 g/mol. The molecule has 1 heterocycles. The van der Waals surface area contributed by atoms with Crippen molar-refractivity contribution in [3.05, 3.63) is 35.9 Å². The lowest BCUT2D eigenvalue weighted by Crippen LogP contribution is -2.28. The van der Waals surface area contributed by atoms with Crippen LogP contribution in [0.25, 0.3) is 0 Å². The first kappa shape index (κ1) is 6.02. The molecule has 0 aliphatic carbocycles. The normalized spacial score (nSPS) is 27.1. The number of amides is 1. The number of hydrogen-bond donors (Lipinski definition) is 1. The maximum atomic E-state index is 10.9. The van der Waals surface area contributed by atoms with Crippen molar-refractivity contribution >= 4 is 6.09 Å². The second-order valence-electron chi connectivity index (χ2n) is 2.89. The molecule has 0 saturated carbocycles.